The quantitative estimate of drug-likeness (QED) is 0.0765. The van der Waals surface area contributed by atoms with E-state index < -0.39 is 28.0 Å². The molecular weight excluding hydrogens is 782 g/mol. The number of halogens is 3. The van der Waals surface area contributed by atoms with Crippen LogP contribution in [-0.2, 0) is 26.3 Å². The van der Waals surface area contributed by atoms with Crippen molar-refractivity contribution in [3.05, 3.63) is 115 Å². The number of nitrogens with zero attached hydrogens (tertiary/aromatic N) is 1. The predicted octanol–water partition coefficient (Wildman–Crippen LogP) is 7.32. The van der Waals surface area contributed by atoms with Crippen LogP contribution in [0.25, 0.3) is 6.08 Å². The zero-order valence-corrected chi connectivity index (χ0v) is 29.2. The molecule has 0 atom stereocenters. The van der Waals surface area contributed by atoms with E-state index in [9.17, 15) is 22.8 Å². The molecule has 4 aromatic carbocycles. The van der Waals surface area contributed by atoms with Crippen LogP contribution in [0.2, 0.25) is 10.0 Å². The SMILES string of the molecule is CCOc1cc(/C=C2\C(=O)NC(=O)N(c3ccc(OCc4ccc(Cl)cc4Cl)cc3)C2=O)cc(I)c1OS(=O)(=O)c1ccc(C)cc1. The highest BCUT2D eigenvalue weighted by Crippen LogP contribution is 2.37. The second-order valence-corrected chi connectivity index (χ2v) is 13.6. The minimum Gasteiger partial charge on any atom is -0.490 e. The Bertz CT molecular complexity index is 2020. The third kappa shape index (κ3) is 7.89. The molecule has 242 valence electrons. The van der Waals surface area contributed by atoms with Gasteiger partial charge in [0.15, 0.2) is 11.5 Å². The van der Waals surface area contributed by atoms with Gasteiger partial charge in [0, 0.05) is 15.6 Å². The van der Waals surface area contributed by atoms with Crippen molar-refractivity contribution >= 4 is 85.5 Å². The molecule has 0 aromatic heterocycles. The Labute approximate surface area is 294 Å². The van der Waals surface area contributed by atoms with Gasteiger partial charge < -0.3 is 13.7 Å². The van der Waals surface area contributed by atoms with Crippen LogP contribution in [0.3, 0.4) is 0 Å². The maximum absolute atomic E-state index is 13.5. The van der Waals surface area contributed by atoms with Gasteiger partial charge in [0.05, 0.1) is 15.9 Å². The molecule has 0 saturated carbocycles. The van der Waals surface area contributed by atoms with Gasteiger partial charge in [0.2, 0.25) is 0 Å². The summed E-state index contributed by atoms with van der Waals surface area (Å²) in [7, 11) is -4.20. The number of carbonyl (C=O) groups excluding carboxylic acids is 3. The molecule has 47 heavy (non-hydrogen) atoms. The van der Waals surface area contributed by atoms with Crippen molar-refractivity contribution in [3.8, 4) is 17.2 Å². The van der Waals surface area contributed by atoms with Gasteiger partial charge in [-0.3, -0.25) is 14.9 Å². The van der Waals surface area contributed by atoms with E-state index in [1.807, 2.05) is 29.5 Å². The third-order valence-electron chi connectivity index (χ3n) is 6.75. The predicted molar refractivity (Wildman–Crippen MR) is 186 cm³/mol. The first kappa shape index (κ1) is 34.2. The Kier molecular flexibility index (Phi) is 10.4. The summed E-state index contributed by atoms with van der Waals surface area (Å²) in [5.41, 5.74) is 1.79. The smallest absolute Gasteiger partial charge is 0.339 e. The number of aryl methyl sites for hydroxylation is 1. The molecule has 0 radical (unpaired) electrons. The maximum atomic E-state index is 13.5. The summed E-state index contributed by atoms with van der Waals surface area (Å²) in [5, 5.41) is 3.13. The normalized spacial score (nSPS) is 14.3. The highest BCUT2D eigenvalue weighted by Gasteiger charge is 2.37. The number of hydrogen-bond acceptors (Lipinski definition) is 8. The number of benzene rings is 4. The minimum atomic E-state index is -4.20. The van der Waals surface area contributed by atoms with Crippen molar-refractivity contribution in [2.24, 2.45) is 0 Å². The van der Waals surface area contributed by atoms with Crippen molar-refractivity contribution < 1.29 is 36.5 Å². The second kappa shape index (κ2) is 14.3. The van der Waals surface area contributed by atoms with Crippen molar-refractivity contribution in [2.45, 2.75) is 25.3 Å². The number of amides is 4. The van der Waals surface area contributed by atoms with E-state index >= 15 is 0 Å². The second-order valence-electron chi connectivity index (χ2n) is 10.1. The van der Waals surface area contributed by atoms with Gasteiger partial charge in [-0.15, -0.1) is 0 Å². The first-order valence-corrected chi connectivity index (χ1v) is 17.2. The molecule has 1 aliphatic rings. The lowest BCUT2D eigenvalue weighted by atomic mass is 10.1. The highest BCUT2D eigenvalue weighted by molar-refractivity contribution is 14.1. The fourth-order valence-electron chi connectivity index (χ4n) is 4.43. The number of hydrogen-bond donors (Lipinski definition) is 1. The van der Waals surface area contributed by atoms with Crippen LogP contribution >= 0.6 is 45.8 Å². The number of anilines is 1. The summed E-state index contributed by atoms with van der Waals surface area (Å²) in [4.78, 5) is 39.9. The zero-order chi connectivity index (χ0) is 33.9. The van der Waals surface area contributed by atoms with Crippen molar-refractivity contribution in [2.75, 3.05) is 11.5 Å². The number of imide groups is 2. The summed E-state index contributed by atoms with van der Waals surface area (Å²) in [6.45, 7) is 3.87. The van der Waals surface area contributed by atoms with Crippen LogP contribution < -0.4 is 23.9 Å². The van der Waals surface area contributed by atoms with Crippen LogP contribution in [0, 0.1) is 10.5 Å². The summed E-state index contributed by atoms with van der Waals surface area (Å²) in [6, 6.07) is 19.4. The first-order chi connectivity index (χ1) is 22.4. The molecule has 5 rings (SSSR count). The number of rotatable bonds is 10. The summed E-state index contributed by atoms with van der Waals surface area (Å²) in [6.07, 6.45) is 1.29. The molecule has 1 heterocycles. The molecule has 1 fully saturated rings. The van der Waals surface area contributed by atoms with E-state index in [4.69, 9.17) is 36.9 Å². The van der Waals surface area contributed by atoms with Crippen molar-refractivity contribution in [3.63, 3.8) is 0 Å². The maximum Gasteiger partial charge on any atom is 0.339 e. The van der Waals surface area contributed by atoms with E-state index in [-0.39, 0.29) is 40.9 Å². The Morgan fingerprint density at radius 2 is 1.62 bits per heavy atom. The molecule has 10 nitrogen and oxygen atoms in total. The lowest BCUT2D eigenvalue weighted by Gasteiger charge is -2.26. The molecular formula is C33H25Cl2IN2O8S. The molecule has 0 spiro atoms. The topological polar surface area (TPSA) is 128 Å². The number of carbonyl (C=O) groups is 3. The summed E-state index contributed by atoms with van der Waals surface area (Å²) >= 11 is 14.0. The van der Waals surface area contributed by atoms with Crippen LogP contribution in [-0.4, -0.2) is 32.9 Å². The van der Waals surface area contributed by atoms with Gasteiger partial charge in [0.25, 0.3) is 11.8 Å². The monoisotopic (exact) mass is 806 g/mol. The highest BCUT2D eigenvalue weighted by atomic mass is 127. The van der Waals surface area contributed by atoms with Gasteiger partial charge in [-0.05, 0) is 109 Å². The number of urea groups is 1. The molecule has 1 saturated heterocycles. The molecule has 0 bridgehead atoms. The average molecular weight is 807 g/mol. The minimum absolute atomic E-state index is 0.0349. The van der Waals surface area contributed by atoms with Crippen molar-refractivity contribution in [1.82, 2.24) is 5.32 Å². The molecule has 4 amide bonds. The Hall–Kier alpha value is -4.11. The Morgan fingerprint density at radius 3 is 2.28 bits per heavy atom. The molecule has 14 heteroatoms. The standard InChI is InChI=1S/C33H25Cl2IN2O8S/c1-3-44-29-16-20(15-28(36)30(29)46-47(42,43)25-12-4-19(2)5-13-25)14-26-31(39)37-33(41)38(32(26)40)23-8-10-24(11-9-23)45-18-21-6-7-22(34)17-27(21)35/h4-17H,3,18H2,1-2H3,(H,37,39,41)/b26-14+. The Balaban J connectivity index is 1.39. The summed E-state index contributed by atoms with van der Waals surface area (Å²) < 4.78 is 43.3. The largest absolute Gasteiger partial charge is 0.490 e. The number of barbiturate groups is 1. The Morgan fingerprint density at radius 1 is 0.915 bits per heavy atom. The zero-order valence-electron chi connectivity index (χ0n) is 24.8. The number of ether oxygens (including phenoxy) is 2. The molecule has 4 aromatic rings. The van der Waals surface area contributed by atoms with Crippen LogP contribution in [0.15, 0.2) is 89.3 Å². The van der Waals surface area contributed by atoms with Crippen molar-refractivity contribution in [1.29, 1.82) is 0 Å². The van der Waals surface area contributed by atoms with E-state index in [0.29, 0.717) is 30.5 Å². The molecule has 0 aliphatic carbocycles. The lowest BCUT2D eigenvalue weighted by molar-refractivity contribution is -0.122. The fourth-order valence-corrected chi connectivity index (χ4v) is 6.73. The van der Waals surface area contributed by atoms with E-state index in [1.54, 1.807) is 49.4 Å². The van der Waals surface area contributed by atoms with Crippen LogP contribution in [0.4, 0.5) is 10.5 Å². The third-order valence-corrected chi connectivity index (χ3v) is 9.38. The first-order valence-electron chi connectivity index (χ1n) is 13.9. The average Bonchev–Trinajstić information content (AvgIpc) is 3.01. The van der Waals surface area contributed by atoms with Gasteiger partial charge in [0.1, 0.15) is 22.8 Å². The van der Waals surface area contributed by atoms with Gasteiger partial charge >= 0.3 is 16.1 Å². The molecule has 1 N–H and O–H groups in total. The molecule has 0 unspecified atom stereocenters. The summed E-state index contributed by atoms with van der Waals surface area (Å²) in [5.74, 6) is -1.29. The van der Waals surface area contributed by atoms with Gasteiger partial charge in [-0.1, -0.05) is 47.0 Å². The van der Waals surface area contributed by atoms with E-state index in [1.165, 1.54) is 42.5 Å². The lowest BCUT2D eigenvalue weighted by Crippen LogP contribution is -2.54. The number of nitrogens with one attached hydrogen (secondary N) is 1. The van der Waals surface area contributed by atoms with Gasteiger partial charge in [-0.2, -0.15) is 8.42 Å². The molecule has 1 aliphatic heterocycles. The van der Waals surface area contributed by atoms with E-state index in [2.05, 4.69) is 5.32 Å². The van der Waals surface area contributed by atoms with E-state index in [0.717, 1.165) is 10.5 Å². The van der Waals surface area contributed by atoms with Gasteiger partial charge in [-0.25, -0.2) is 9.69 Å². The fraction of sp³-hybridized carbons (Fsp3) is 0.121. The van der Waals surface area contributed by atoms with Crippen LogP contribution in [0.5, 0.6) is 17.2 Å². The van der Waals surface area contributed by atoms with Crippen LogP contribution in [0.1, 0.15) is 23.6 Å².